The Morgan fingerprint density at radius 3 is 0.870 bits per heavy atom. The lowest BCUT2D eigenvalue weighted by molar-refractivity contribution is -0.167. The molecular weight excluding hydrogens is 576 g/mol. The molecule has 0 spiro atoms. The molecule has 0 unspecified atom stereocenters. The minimum atomic E-state index is -0.754. The Bertz CT molecular complexity index is 679. The van der Waals surface area contributed by atoms with E-state index in [2.05, 4.69) is 20.8 Å². The SMILES string of the molecule is CCCCCCCCCCCCCCC(=O)OC[C@H](COC(=O)CCCCCCCCCCCCC)OC(=O)CCCCCCC. The molecule has 0 aromatic carbocycles. The van der Waals surface area contributed by atoms with E-state index in [9.17, 15) is 14.4 Å². The number of rotatable bonds is 36. The minimum absolute atomic E-state index is 0.0651. The van der Waals surface area contributed by atoms with E-state index in [0.29, 0.717) is 19.3 Å². The fraction of sp³-hybridized carbons (Fsp3) is 0.925. The second-order valence-corrected chi connectivity index (χ2v) is 13.6. The van der Waals surface area contributed by atoms with Gasteiger partial charge in [-0.3, -0.25) is 14.4 Å². The molecule has 0 aromatic rings. The summed E-state index contributed by atoms with van der Waals surface area (Å²) < 4.78 is 16.5. The maximum atomic E-state index is 12.5. The first-order valence-corrected chi connectivity index (χ1v) is 20.0. The molecule has 0 N–H and O–H groups in total. The van der Waals surface area contributed by atoms with E-state index in [1.807, 2.05) is 0 Å². The van der Waals surface area contributed by atoms with Crippen molar-refractivity contribution < 1.29 is 28.6 Å². The Morgan fingerprint density at radius 2 is 0.587 bits per heavy atom. The van der Waals surface area contributed by atoms with Gasteiger partial charge in [0.05, 0.1) is 0 Å². The molecule has 0 aliphatic rings. The number of hydrogen-bond acceptors (Lipinski definition) is 6. The molecule has 0 saturated carbocycles. The highest BCUT2D eigenvalue weighted by Crippen LogP contribution is 2.14. The number of carbonyl (C=O) groups excluding carboxylic acids is 3. The van der Waals surface area contributed by atoms with Crippen LogP contribution >= 0.6 is 0 Å². The normalized spacial score (nSPS) is 11.8. The van der Waals surface area contributed by atoms with Crippen molar-refractivity contribution in [3.05, 3.63) is 0 Å². The van der Waals surface area contributed by atoms with E-state index >= 15 is 0 Å². The molecule has 0 aliphatic carbocycles. The Labute approximate surface area is 285 Å². The van der Waals surface area contributed by atoms with Gasteiger partial charge in [-0.05, 0) is 19.3 Å². The van der Waals surface area contributed by atoms with Crippen LogP contribution in [-0.4, -0.2) is 37.2 Å². The number of esters is 3. The second-order valence-electron chi connectivity index (χ2n) is 13.6. The Morgan fingerprint density at radius 1 is 0.348 bits per heavy atom. The molecule has 46 heavy (non-hydrogen) atoms. The molecule has 272 valence electrons. The van der Waals surface area contributed by atoms with Crippen molar-refractivity contribution in [2.24, 2.45) is 0 Å². The molecule has 0 heterocycles. The fourth-order valence-corrected chi connectivity index (χ4v) is 5.79. The van der Waals surface area contributed by atoms with Crippen LogP contribution in [0.25, 0.3) is 0 Å². The molecular formula is C40H76O6. The molecule has 0 saturated heterocycles. The summed E-state index contributed by atoms with van der Waals surface area (Å²) in [4.78, 5) is 37.2. The van der Waals surface area contributed by atoms with Crippen molar-refractivity contribution in [3.63, 3.8) is 0 Å². The molecule has 0 rings (SSSR count). The number of ether oxygens (including phenoxy) is 3. The average Bonchev–Trinajstić information content (AvgIpc) is 3.05. The van der Waals surface area contributed by atoms with E-state index in [-0.39, 0.29) is 31.1 Å². The molecule has 0 radical (unpaired) electrons. The maximum absolute atomic E-state index is 12.5. The lowest BCUT2D eigenvalue weighted by atomic mass is 10.0. The first-order valence-electron chi connectivity index (χ1n) is 20.0. The van der Waals surface area contributed by atoms with Crippen LogP contribution in [0.2, 0.25) is 0 Å². The van der Waals surface area contributed by atoms with Crippen molar-refractivity contribution in [1.29, 1.82) is 0 Å². The van der Waals surface area contributed by atoms with Crippen molar-refractivity contribution in [2.75, 3.05) is 13.2 Å². The number of unbranched alkanes of at least 4 members (excludes halogenated alkanes) is 25. The van der Waals surface area contributed by atoms with E-state index < -0.39 is 6.10 Å². The Hall–Kier alpha value is -1.59. The predicted octanol–water partition coefficient (Wildman–Crippen LogP) is 12.1. The summed E-state index contributed by atoms with van der Waals surface area (Å²) in [5, 5.41) is 0. The van der Waals surface area contributed by atoms with Crippen molar-refractivity contribution in [2.45, 2.75) is 226 Å². The van der Waals surface area contributed by atoms with Crippen LogP contribution in [0.1, 0.15) is 220 Å². The Balaban J connectivity index is 4.20. The van der Waals surface area contributed by atoms with Crippen LogP contribution in [0.15, 0.2) is 0 Å². The summed E-state index contributed by atoms with van der Waals surface area (Å²) in [5.74, 6) is -0.876. The van der Waals surface area contributed by atoms with Crippen molar-refractivity contribution >= 4 is 17.9 Å². The molecule has 0 fully saturated rings. The fourth-order valence-electron chi connectivity index (χ4n) is 5.79. The van der Waals surface area contributed by atoms with Crippen LogP contribution in [0.4, 0.5) is 0 Å². The van der Waals surface area contributed by atoms with Gasteiger partial charge < -0.3 is 14.2 Å². The first-order chi connectivity index (χ1) is 22.5. The van der Waals surface area contributed by atoms with Gasteiger partial charge >= 0.3 is 17.9 Å². The van der Waals surface area contributed by atoms with Crippen LogP contribution in [-0.2, 0) is 28.6 Å². The third-order valence-electron chi connectivity index (χ3n) is 8.86. The lowest BCUT2D eigenvalue weighted by Gasteiger charge is -2.18. The van der Waals surface area contributed by atoms with E-state index in [1.54, 1.807) is 0 Å². The summed E-state index contributed by atoms with van der Waals surface area (Å²) in [7, 11) is 0. The quantitative estimate of drug-likeness (QED) is 0.0381. The van der Waals surface area contributed by atoms with Gasteiger partial charge in [-0.25, -0.2) is 0 Å². The van der Waals surface area contributed by atoms with Gasteiger partial charge in [-0.2, -0.15) is 0 Å². The highest BCUT2D eigenvalue weighted by Gasteiger charge is 2.19. The van der Waals surface area contributed by atoms with Gasteiger partial charge in [0.1, 0.15) is 13.2 Å². The second kappa shape index (κ2) is 36.2. The van der Waals surface area contributed by atoms with Crippen LogP contribution in [0, 0.1) is 0 Å². The van der Waals surface area contributed by atoms with E-state index in [1.165, 1.54) is 116 Å². The van der Waals surface area contributed by atoms with Gasteiger partial charge in [-0.15, -0.1) is 0 Å². The summed E-state index contributed by atoms with van der Waals surface area (Å²) in [6.07, 6.45) is 34.0. The van der Waals surface area contributed by atoms with Gasteiger partial charge in [0.2, 0.25) is 0 Å². The molecule has 0 amide bonds. The molecule has 6 nitrogen and oxygen atoms in total. The zero-order chi connectivity index (χ0) is 33.8. The summed E-state index contributed by atoms with van der Waals surface area (Å²) in [6.45, 7) is 6.54. The van der Waals surface area contributed by atoms with E-state index in [0.717, 1.165) is 64.2 Å². The summed E-state index contributed by atoms with van der Waals surface area (Å²) >= 11 is 0. The highest BCUT2D eigenvalue weighted by molar-refractivity contribution is 5.71. The minimum Gasteiger partial charge on any atom is -0.462 e. The van der Waals surface area contributed by atoms with E-state index in [4.69, 9.17) is 14.2 Å². The molecule has 0 aliphatic heterocycles. The number of carbonyl (C=O) groups is 3. The maximum Gasteiger partial charge on any atom is 0.306 e. The molecule has 1 atom stereocenters. The molecule has 0 aromatic heterocycles. The van der Waals surface area contributed by atoms with Crippen LogP contribution in [0.5, 0.6) is 0 Å². The zero-order valence-electron chi connectivity index (χ0n) is 30.9. The molecule has 0 bridgehead atoms. The lowest BCUT2D eigenvalue weighted by Crippen LogP contribution is -2.30. The first kappa shape index (κ1) is 44.4. The largest absolute Gasteiger partial charge is 0.462 e. The average molecular weight is 653 g/mol. The third kappa shape index (κ3) is 33.8. The highest BCUT2D eigenvalue weighted by atomic mass is 16.6. The van der Waals surface area contributed by atoms with Gasteiger partial charge in [0.15, 0.2) is 6.10 Å². The smallest absolute Gasteiger partial charge is 0.306 e. The third-order valence-corrected chi connectivity index (χ3v) is 8.86. The van der Waals surface area contributed by atoms with Gasteiger partial charge in [-0.1, -0.05) is 181 Å². The standard InChI is InChI=1S/C40H76O6/c1-4-7-10-13-15-17-19-21-23-25-28-30-33-39(42)45-36-37(46-40(43)34-31-26-12-9-6-3)35-44-38(41)32-29-27-24-22-20-18-16-14-11-8-5-2/h37H,4-36H2,1-3H3/t37-/m0/s1. The number of hydrogen-bond donors (Lipinski definition) is 0. The monoisotopic (exact) mass is 653 g/mol. The Kier molecular flexibility index (Phi) is 35.0. The van der Waals surface area contributed by atoms with Crippen LogP contribution in [0.3, 0.4) is 0 Å². The zero-order valence-corrected chi connectivity index (χ0v) is 30.9. The predicted molar refractivity (Wildman–Crippen MR) is 192 cm³/mol. The topological polar surface area (TPSA) is 78.9 Å². The molecule has 6 heteroatoms. The van der Waals surface area contributed by atoms with Gasteiger partial charge in [0, 0.05) is 19.3 Å². The van der Waals surface area contributed by atoms with Crippen LogP contribution < -0.4 is 0 Å². The summed E-state index contributed by atoms with van der Waals surface area (Å²) in [5.41, 5.74) is 0. The van der Waals surface area contributed by atoms with Crippen molar-refractivity contribution in [1.82, 2.24) is 0 Å². The van der Waals surface area contributed by atoms with Gasteiger partial charge in [0.25, 0.3) is 0 Å². The summed E-state index contributed by atoms with van der Waals surface area (Å²) in [6, 6.07) is 0. The van der Waals surface area contributed by atoms with Crippen molar-refractivity contribution in [3.8, 4) is 0 Å².